The minimum absolute atomic E-state index is 0.348. The molecule has 0 aliphatic carbocycles. The molecule has 0 aromatic heterocycles. The number of nitrogens with zero attached hydrogens (tertiary/aromatic N) is 3. The maximum absolute atomic E-state index is 11.0. The lowest BCUT2D eigenvalue weighted by atomic mass is 11.1. The first-order valence-corrected chi connectivity index (χ1v) is 4.82. The van der Waals surface area contributed by atoms with Crippen LogP contribution in [0.1, 0.15) is 0 Å². The number of thiocyanates is 1. The molecule has 3 heterocycles. The van der Waals surface area contributed by atoms with Gasteiger partial charge in [0, 0.05) is 0 Å². The molecule has 0 spiro atoms. The van der Waals surface area contributed by atoms with E-state index in [1.54, 1.807) is 5.40 Å². The molecule has 10 heteroatoms. The van der Waals surface area contributed by atoms with Crippen LogP contribution in [0.25, 0.3) is 0 Å². The average Bonchev–Trinajstić information content (AvgIpc) is 1.95. The predicted molar refractivity (Wildman–Crippen MR) is 35.5 cm³/mol. The number of guanidine groups is 1. The fourth-order valence-corrected chi connectivity index (χ4v) is 2.04. The molecule has 3 aliphatic heterocycles. The Hall–Kier alpha value is -0.780. The summed E-state index contributed by atoms with van der Waals surface area (Å²) in [4.78, 5) is 0. The second-order valence-electron chi connectivity index (χ2n) is 1.71. The number of hydroxylamine groups is 3. The lowest BCUT2D eigenvalue weighted by Crippen LogP contribution is -2.51. The molecule has 0 amide bonds. The third-order valence-corrected chi connectivity index (χ3v) is 2.66. The number of hydrogen-bond acceptors (Lipinski definition) is 7. The van der Waals surface area contributed by atoms with Crippen LogP contribution < -0.4 is 0 Å². The van der Waals surface area contributed by atoms with Crippen molar-refractivity contribution in [3.8, 4) is 5.40 Å². The van der Waals surface area contributed by atoms with Crippen LogP contribution in [-0.2, 0) is 18.4 Å². The van der Waals surface area contributed by atoms with Gasteiger partial charge in [-0.15, -0.1) is 18.3 Å². The minimum Gasteiger partial charge on any atom is -0.263 e. The first-order chi connectivity index (χ1) is 5.64. The van der Waals surface area contributed by atoms with Gasteiger partial charge in [0.1, 0.15) is 11.9 Å². The lowest BCUT2D eigenvalue weighted by molar-refractivity contribution is -0.339. The van der Waals surface area contributed by atoms with Crippen molar-refractivity contribution in [3.63, 3.8) is 0 Å². The molecule has 0 aromatic carbocycles. The molecule has 0 radical (unpaired) electrons. The van der Waals surface area contributed by atoms with Crippen LogP contribution >= 0.6 is 19.8 Å². The number of fused-ring (bicyclic) bond motifs is 2. The molecule has 3 fully saturated rings. The first kappa shape index (κ1) is 7.85. The largest absolute Gasteiger partial charge is 0.544 e. The minimum atomic E-state index is -3.53. The SMILES string of the molecule is N#CSN1OP2(=O)ON(O2)C1=N. The Balaban J connectivity index is 2.14. The van der Waals surface area contributed by atoms with Gasteiger partial charge in [-0.3, -0.25) is 5.41 Å². The highest BCUT2D eigenvalue weighted by Crippen LogP contribution is 2.64. The molecule has 64 valence electrons. The fourth-order valence-electron chi connectivity index (χ4n) is 0.588. The molecule has 2 bridgehead atoms. The van der Waals surface area contributed by atoms with Crippen molar-refractivity contribution in [1.82, 2.24) is 9.70 Å². The van der Waals surface area contributed by atoms with Crippen molar-refractivity contribution < 1.29 is 18.4 Å². The summed E-state index contributed by atoms with van der Waals surface area (Å²) in [6.07, 6.45) is 0. The Morgan fingerprint density at radius 2 is 2.25 bits per heavy atom. The molecule has 1 N–H and O–H groups in total. The Bertz CT molecular complexity index is 316. The summed E-state index contributed by atoms with van der Waals surface area (Å²) < 4.78 is 25.0. The van der Waals surface area contributed by atoms with Gasteiger partial charge < -0.3 is 0 Å². The van der Waals surface area contributed by atoms with E-state index in [4.69, 9.17) is 10.7 Å². The van der Waals surface area contributed by atoms with Crippen molar-refractivity contribution in [1.29, 1.82) is 10.7 Å². The molecule has 8 nitrogen and oxygen atoms in total. The van der Waals surface area contributed by atoms with E-state index in [0.29, 0.717) is 17.2 Å². The molecule has 3 rings (SSSR count). The monoisotopic (exact) mass is 208 g/mol. The van der Waals surface area contributed by atoms with Crippen molar-refractivity contribution in [2.24, 2.45) is 0 Å². The van der Waals surface area contributed by atoms with Crippen LogP contribution in [0.3, 0.4) is 0 Å². The van der Waals surface area contributed by atoms with Gasteiger partial charge in [0.05, 0.1) is 0 Å². The number of hydrogen-bond donors (Lipinski definition) is 1. The van der Waals surface area contributed by atoms with E-state index in [-0.39, 0.29) is 5.96 Å². The molecular formula is C2HN4O4PS. The molecule has 0 unspecified atom stereocenters. The van der Waals surface area contributed by atoms with E-state index < -0.39 is 7.82 Å². The number of phosphoric acid groups is 1. The molecule has 0 atom stereocenters. The lowest BCUT2D eigenvalue weighted by Gasteiger charge is -2.42. The Morgan fingerprint density at radius 3 is 2.83 bits per heavy atom. The third-order valence-electron chi connectivity index (χ3n) is 0.992. The number of nitrogens with one attached hydrogen (secondary N) is 1. The summed E-state index contributed by atoms with van der Waals surface area (Å²) in [5.74, 6) is -0.348. The highest BCUT2D eigenvalue weighted by atomic mass is 32.2. The fraction of sp³-hybridized carbons (Fsp3) is 0. The van der Waals surface area contributed by atoms with Gasteiger partial charge in [-0.05, 0) is 0 Å². The van der Waals surface area contributed by atoms with Crippen LogP contribution in [0.4, 0.5) is 0 Å². The predicted octanol–water partition coefficient (Wildman–Crippen LogP) is 0.585. The zero-order valence-corrected chi connectivity index (χ0v) is 7.04. The second-order valence-corrected chi connectivity index (χ2v) is 3.79. The second kappa shape index (κ2) is 2.35. The standard InChI is InChI=1S/C2HN4O4PS/c3-1-12-6-2(4)5-8-11(7,9-5)10-6/h4H. The Labute approximate surface area is 70.7 Å². The average molecular weight is 208 g/mol. The molecule has 3 aliphatic rings. The highest BCUT2D eigenvalue weighted by molar-refractivity contribution is 8.01. The Kier molecular flexibility index (Phi) is 1.54. The van der Waals surface area contributed by atoms with Gasteiger partial charge >= 0.3 is 7.82 Å². The molecular weight excluding hydrogens is 207 g/mol. The van der Waals surface area contributed by atoms with Crippen molar-refractivity contribution >= 4 is 25.7 Å². The molecule has 0 aromatic rings. The normalized spacial score (nSPS) is 32.8. The van der Waals surface area contributed by atoms with E-state index >= 15 is 0 Å². The maximum Gasteiger partial charge on any atom is 0.544 e. The first-order valence-electron chi connectivity index (χ1n) is 2.59. The number of rotatable bonds is 1. The van der Waals surface area contributed by atoms with Crippen LogP contribution in [-0.4, -0.2) is 15.7 Å². The summed E-state index contributed by atoms with van der Waals surface area (Å²) in [6.45, 7) is 0. The van der Waals surface area contributed by atoms with E-state index in [0.717, 1.165) is 4.47 Å². The van der Waals surface area contributed by atoms with Gasteiger partial charge in [-0.25, -0.2) is 4.57 Å². The van der Waals surface area contributed by atoms with Gasteiger partial charge in [-0.1, -0.05) is 5.23 Å². The quantitative estimate of drug-likeness (QED) is 0.379. The Morgan fingerprint density at radius 1 is 1.58 bits per heavy atom. The summed E-state index contributed by atoms with van der Waals surface area (Å²) in [5, 5.41) is 17.6. The van der Waals surface area contributed by atoms with Crippen LogP contribution in [0.5, 0.6) is 0 Å². The van der Waals surface area contributed by atoms with E-state index in [2.05, 4.69) is 13.9 Å². The summed E-state index contributed by atoms with van der Waals surface area (Å²) >= 11 is 0.511. The molecule has 3 saturated heterocycles. The topological polar surface area (TPSA) is 98.9 Å². The van der Waals surface area contributed by atoms with Crippen LogP contribution in [0.2, 0.25) is 0 Å². The molecule has 12 heavy (non-hydrogen) atoms. The molecule has 0 saturated carbocycles. The van der Waals surface area contributed by atoms with Crippen LogP contribution in [0.15, 0.2) is 0 Å². The zero-order valence-electron chi connectivity index (χ0n) is 5.33. The summed E-state index contributed by atoms with van der Waals surface area (Å²) in [7, 11) is -3.53. The maximum atomic E-state index is 11.0. The van der Waals surface area contributed by atoms with E-state index in [1.165, 1.54) is 0 Å². The zero-order chi connectivity index (χ0) is 8.77. The van der Waals surface area contributed by atoms with Gasteiger partial charge in [0.25, 0.3) is 5.96 Å². The number of nitriles is 1. The van der Waals surface area contributed by atoms with Gasteiger partial charge in [-0.2, -0.15) is 5.26 Å². The third kappa shape index (κ3) is 0.979. The summed E-state index contributed by atoms with van der Waals surface area (Å²) in [6, 6.07) is 0. The summed E-state index contributed by atoms with van der Waals surface area (Å²) in [5.41, 5.74) is 0. The smallest absolute Gasteiger partial charge is 0.263 e. The highest BCUT2D eigenvalue weighted by Gasteiger charge is 2.56. The van der Waals surface area contributed by atoms with E-state index in [9.17, 15) is 4.57 Å². The van der Waals surface area contributed by atoms with Crippen molar-refractivity contribution in [2.45, 2.75) is 0 Å². The van der Waals surface area contributed by atoms with Crippen LogP contribution in [0, 0.1) is 16.1 Å². The van der Waals surface area contributed by atoms with Gasteiger partial charge in [0.15, 0.2) is 5.40 Å². The van der Waals surface area contributed by atoms with Crippen molar-refractivity contribution in [3.05, 3.63) is 0 Å². The van der Waals surface area contributed by atoms with Gasteiger partial charge in [0.2, 0.25) is 0 Å². The van der Waals surface area contributed by atoms with E-state index in [1.807, 2.05) is 0 Å². The van der Waals surface area contributed by atoms with Crippen molar-refractivity contribution in [2.75, 3.05) is 0 Å².